The van der Waals surface area contributed by atoms with Gasteiger partial charge in [-0.2, -0.15) is 4.98 Å². The highest BCUT2D eigenvalue weighted by Crippen LogP contribution is 2.33. The van der Waals surface area contributed by atoms with Crippen LogP contribution < -0.4 is 10.6 Å². The fourth-order valence-corrected chi connectivity index (χ4v) is 5.59. The molecule has 4 aromatic rings. The SMILES string of the molecule is CN(Cc1ccc(Nc2nc3ncnc(Nc4ccc(F)c(CI)c4)c3s2)cc1)C[C@@H]1CCCO1. The molecule has 0 radical (unpaired) electrons. The average Bonchev–Trinajstić information content (AvgIpc) is 3.51. The van der Waals surface area contributed by atoms with Crippen LogP contribution in [-0.4, -0.2) is 46.2 Å². The van der Waals surface area contributed by atoms with E-state index < -0.39 is 0 Å². The van der Waals surface area contributed by atoms with E-state index in [2.05, 4.69) is 84.4 Å². The Morgan fingerprint density at radius 1 is 1.14 bits per heavy atom. The van der Waals surface area contributed by atoms with Crippen molar-refractivity contribution in [3.63, 3.8) is 0 Å². The fourth-order valence-electron chi connectivity index (χ4n) is 4.12. The highest BCUT2D eigenvalue weighted by Gasteiger charge is 2.17. The van der Waals surface area contributed by atoms with Crippen molar-refractivity contribution in [3.8, 4) is 0 Å². The molecule has 0 unspecified atom stereocenters. The number of nitrogens with zero attached hydrogens (tertiary/aromatic N) is 4. The molecule has 35 heavy (non-hydrogen) atoms. The van der Waals surface area contributed by atoms with Crippen LogP contribution in [0.4, 0.5) is 26.7 Å². The Balaban J connectivity index is 1.26. The summed E-state index contributed by atoms with van der Waals surface area (Å²) in [6, 6.07) is 13.4. The third-order valence-electron chi connectivity index (χ3n) is 5.84. The fraction of sp³-hybridized carbons (Fsp3) is 0.320. The topological polar surface area (TPSA) is 75.2 Å². The third kappa shape index (κ3) is 6.05. The number of halogens is 2. The molecule has 0 amide bonds. The predicted molar refractivity (Wildman–Crippen MR) is 148 cm³/mol. The van der Waals surface area contributed by atoms with Gasteiger partial charge in [0, 0.05) is 35.5 Å². The van der Waals surface area contributed by atoms with E-state index in [0.29, 0.717) is 27.6 Å². The lowest BCUT2D eigenvalue weighted by Gasteiger charge is -2.20. The van der Waals surface area contributed by atoms with E-state index in [1.165, 1.54) is 35.7 Å². The number of thiazole rings is 1. The Labute approximate surface area is 221 Å². The van der Waals surface area contributed by atoms with Gasteiger partial charge in [-0.25, -0.2) is 14.4 Å². The average molecular weight is 604 g/mol. The number of benzene rings is 2. The molecule has 1 saturated heterocycles. The first kappa shape index (κ1) is 24.3. The summed E-state index contributed by atoms with van der Waals surface area (Å²) in [6.45, 7) is 2.73. The maximum absolute atomic E-state index is 13.9. The van der Waals surface area contributed by atoms with E-state index in [-0.39, 0.29) is 5.82 Å². The van der Waals surface area contributed by atoms with E-state index in [1.807, 2.05) is 0 Å². The number of hydrogen-bond donors (Lipinski definition) is 2. The molecule has 182 valence electrons. The van der Waals surface area contributed by atoms with Crippen LogP contribution in [0.5, 0.6) is 0 Å². The third-order valence-corrected chi connectivity index (χ3v) is 7.63. The Morgan fingerprint density at radius 3 is 2.74 bits per heavy atom. The standard InChI is InChI=1S/C25H26FIN6OS/c1-33(14-20-3-2-10-34-20)13-16-4-6-18(7-5-16)31-25-32-24-22(35-25)23(28-15-29-24)30-19-8-9-21(26)17(11-19)12-27/h4-9,11,15,20H,2-3,10,12-14H2,1H3,(H2,28,29,30,31,32)/t20-/m0/s1. The van der Waals surface area contributed by atoms with Gasteiger partial charge in [0.2, 0.25) is 0 Å². The molecule has 10 heteroatoms. The summed E-state index contributed by atoms with van der Waals surface area (Å²) in [7, 11) is 2.14. The molecule has 2 aromatic carbocycles. The molecular formula is C25H26FIN6OS. The maximum Gasteiger partial charge on any atom is 0.189 e. The monoisotopic (exact) mass is 604 g/mol. The zero-order chi connectivity index (χ0) is 24.2. The summed E-state index contributed by atoms with van der Waals surface area (Å²) < 4.78 is 21.0. The van der Waals surface area contributed by atoms with Gasteiger partial charge >= 0.3 is 0 Å². The first-order valence-corrected chi connectivity index (χ1v) is 13.8. The van der Waals surface area contributed by atoms with Crippen LogP contribution in [0, 0.1) is 5.82 Å². The van der Waals surface area contributed by atoms with E-state index >= 15 is 0 Å². The number of nitrogens with one attached hydrogen (secondary N) is 2. The number of ether oxygens (including phenoxy) is 1. The Hall–Kier alpha value is -2.41. The number of likely N-dealkylation sites (N-methyl/N-ethyl adjacent to an activating group) is 1. The lowest BCUT2D eigenvalue weighted by atomic mass is 10.2. The van der Waals surface area contributed by atoms with Gasteiger partial charge in [-0.3, -0.25) is 4.90 Å². The van der Waals surface area contributed by atoms with Gasteiger partial charge in [0.1, 0.15) is 16.8 Å². The summed E-state index contributed by atoms with van der Waals surface area (Å²) in [5.74, 6) is 0.443. The van der Waals surface area contributed by atoms with E-state index in [1.54, 1.807) is 12.1 Å². The molecule has 2 aromatic heterocycles. The second kappa shape index (κ2) is 11.1. The van der Waals surface area contributed by atoms with Crippen LogP contribution in [0.1, 0.15) is 24.0 Å². The highest BCUT2D eigenvalue weighted by atomic mass is 127. The largest absolute Gasteiger partial charge is 0.377 e. The minimum Gasteiger partial charge on any atom is -0.377 e. The zero-order valence-corrected chi connectivity index (χ0v) is 22.3. The van der Waals surface area contributed by atoms with Gasteiger partial charge in [-0.1, -0.05) is 46.1 Å². The number of alkyl halides is 1. The normalized spacial score (nSPS) is 15.7. The molecule has 0 saturated carbocycles. The van der Waals surface area contributed by atoms with E-state index in [0.717, 1.165) is 47.3 Å². The first-order valence-electron chi connectivity index (χ1n) is 11.5. The number of anilines is 4. The first-order chi connectivity index (χ1) is 17.1. The molecule has 0 aliphatic carbocycles. The lowest BCUT2D eigenvalue weighted by Crippen LogP contribution is -2.28. The van der Waals surface area contributed by atoms with Crippen molar-refractivity contribution in [2.75, 3.05) is 30.8 Å². The number of rotatable bonds is 9. The molecule has 0 bridgehead atoms. The summed E-state index contributed by atoms with van der Waals surface area (Å²) in [5, 5.41) is 7.40. The molecule has 2 N–H and O–H groups in total. The zero-order valence-electron chi connectivity index (χ0n) is 19.3. The van der Waals surface area contributed by atoms with Crippen molar-refractivity contribution in [1.29, 1.82) is 0 Å². The van der Waals surface area contributed by atoms with Gasteiger partial charge in [0.05, 0.1) is 6.10 Å². The summed E-state index contributed by atoms with van der Waals surface area (Å²) in [6.07, 6.45) is 4.16. The van der Waals surface area contributed by atoms with E-state index in [4.69, 9.17) is 4.74 Å². The minimum absolute atomic E-state index is 0.206. The quantitative estimate of drug-likeness (QED) is 0.173. The smallest absolute Gasteiger partial charge is 0.189 e. The van der Waals surface area contributed by atoms with Gasteiger partial charge in [0.15, 0.2) is 16.6 Å². The van der Waals surface area contributed by atoms with E-state index in [9.17, 15) is 4.39 Å². The van der Waals surface area contributed by atoms with Crippen LogP contribution in [0.15, 0.2) is 48.8 Å². The Morgan fingerprint density at radius 2 is 1.97 bits per heavy atom. The van der Waals surface area contributed by atoms with Gasteiger partial charge in [-0.05, 0) is 61.3 Å². The van der Waals surface area contributed by atoms with Crippen molar-refractivity contribution >= 4 is 66.6 Å². The molecule has 1 aliphatic heterocycles. The number of hydrogen-bond acceptors (Lipinski definition) is 8. The van der Waals surface area contributed by atoms with Crippen LogP contribution in [0.2, 0.25) is 0 Å². The van der Waals surface area contributed by atoms with Gasteiger partial charge < -0.3 is 15.4 Å². The summed E-state index contributed by atoms with van der Waals surface area (Å²) in [5.41, 5.74) is 4.25. The van der Waals surface area contributed by atoms with Crippen LogP contribution in [-0.2, 0) is 15.7 Å². The molecule has 5 rings (SSSR count). The lowest BCUT2D eigenvalue weighted by molar-refractivity contribution is 0.0793. The van der Waals surface area contributed by atoms with Crippen molar-refractivity contribution in [3.05, 3.63) is 65.7 Å². The molecule has 7 nitrogen and oxygen atoms in total. The molecule has 3 heterocycles. The summed E-state index contributed by atoms with van der Waals surface area (Å²) >= 11 is 3.63. The van der Waals surface area contributed by atoms with Crippen molar-refractivity contribution in [2.45, 2.75) is 29.9 Å². The van der Waals surface area contributed by atoms with Gasteiger partial charge in [-0.15, -0.1) is 0 Å². The minimum atomic E-state index is -0.206. The summed E-state index contributed by atoms with van der Waals surface area (Å²) in [4.78, 5) is 15.6. The molecule has 0 spiro atoms. The molecule has 1 atom stereocenters. The number of fused-ring (bicyclic) bond motifs is 1. The van der Waals surface area contributed by atoms with Crippen molar-refractivity contribution < 1.29 is 9.13 Å². The van der Waals surface area contributed by atoms with Crippen molar-refractivity contribution in [1.82, 2.24) is 19.9 Å². The Kier molecular flexibility index (Phi) is 7.71. The Bertz CT molecular complexity index is 1300. The predicted octanol–water partition coefficient (Wildman–Crippen LogP) is 6.26. The molecule has 1 fully saturated rings. The highest BCUT2D eigenvalue weighted by molar-refractivity contribution is 14.1. The second-order valence-corrected chi connectivity index (χ2v) is 10.4. The van der Waals surface area contributed by atoms with Crippen molar-refractivity contribution in [2.24, 2.45) is 0 Å². The molecular weight excluding hydrogens is 578 g/mol. The van der Waals surface area contributed by atoms with Crippen LogP contribution in [0.3, 0.4) is 0 Å². The van der Waals surface area contributed by atoms with Crippen LogP contribution >= 0.6 is 33.9 Å². The number of aromatic nitrogens is 3. The molecule has 1 aliphatic rings. The second-order valence-electron chi connectivity index (χ2n) is 8.61. The van der Waals surface area contributed by atoms with Gasteiger partial charge in [0.25, 0.3) is 0 Å². The van der Waals surface area contributed by atoms with Crippen LogP contribution in [0.25, 0.3) is 10.3 Å². The maximum atomic E-state index is 13.9.